The number of hydrogen-bond donors (Lipinski definition) is 0. The summed E-state index contributed by atoms with van der Waals surface area (Å²) in [4.78, 5) is 10.6. The molecular weight excluding hydrogens is 825 g/mol. The van der Waals surface area contributed by atoms with Gasteiger partial charge >= 0.3 is 0 Å². The minimum Gasteiger partial charge on any atom is -0.309 e. The van der Waals surface area contributed by atoms with Crippen molar-refractivity contribution in [3.8, 4) is 78.7 Å². The lowest BCUT2D eigenvalue weighted by molar-refractivity contribution is 1.16. The molecule has 4 heteroatoms. The number of para-hydroxylation sites is 3. The van der Waals surface area contributed by atoms with E-state index in [2.05, 4.69) is 264 Å². The SMILES string of the molecule is c1ccc(-c2cccc(-c3cc(-c4cccc(-c5ccccc5)c4)nc(-c4ccc(-n5c6ccccc6c6cc(-c7ccc8c(c7)c7ccccc7n8-c7ccccc7)ccc65)cc4)n3)c2)cc1. The van der Waals surface area contributed by atoms with Crippen LogP contribution in [0.4, 0.5) is 0 Å². The van der Waals surface area contributed by atoms with Crippen molar-refractivity contribution in [3.05, 3.63) is 255 Å². The first-order valence-electron chi connectivity index (χ1n) is 23.1. The average molecular weight is 867 g/mol. The van der Waals surface area contributed by atoms with Gasteiger partial charge in [-0.15, -0.1) is 0 Å². The Morgan fingerprint density at radius 1 is 0.221 bits per heavy atom. The zero-order valence-electron chi connectivity index (χ0n) is 37.0. The molecule has 0 bridgehead atoms. The fourth-order valence-electron chi connectivity index (χ4n) is 10.0. The second-order valence-corrected chi connectivity index (χ2v) is 17.4. The van der Waals surface area contributed by atoms with Gasteiger partial charge in [0.2, 0.25) is 0 Å². The zero-order valence-corrected chi connectivity index (χ0v) is 37.0. The van der Waals surface area contributed by atoms with Gasteiger partial charge in [0.05, 0.1) is 33.5 Å². The van der Waals surface area contributed by atoms with Crippen LogP contribution >= 0.6 is 0 Å². The Morgan fingerprint density at radius 2 is 0.588 bits per heavy atom. The van der Waals surface area contributed by atoms with Crippen molar-refractivity contribution in [1.82, 2.24) is 19.1 Å². The Kier molecular flexibility index (Phi) is 9.47. The van der Waals surface area contributed by atoms with Gasteiger partial charge in [-0.1, -0.05) is 164 Å². The predicted molar refractivity (Wildman–Crippen MR) is 283 cm³/mol. The Bertz CT molecular complexity index is 3900. The topological polar surface area (TPSA) is 35.6 Å². The van der Waals surface area contributed by atoms with E-state index in [-0.39, 0.29) is 0 Å². The van der Waals surface area contributed by atoms with Crippen LogP contribution < -0.4 is 0 Å². The van der Waals surface area contributed by atoms with Crippen LogP contribution in [0.5, 0.6) is 0 Å². The highest BCUT2D eigenvalue weighted by Gasteiger charge is 2.18. The molecule has 0 aliphatic carbocycles. The third-order valence-corrected chi connectivity index (χ3v) is 13.3. The smallest absolute Gasteiger partial charge is 0.160 e. The molecule has 0 aliphatic heterocycles. The monoisotopic (exact) mass is 866 g/mol. The van der Waals surface area contributed by atoms with E-state index < -0.39 is 0 Å². The van der Waals surface area contributed by atoms with Crippen molar-refractivity contribution in [1.29, 1.82) is 0 Å². The summed E-state index contributed by atoms with van der Waals surface area (Å²) >= 11 is 0. The van der Waals surface area contributed by atoms with E-state index in [1.807, 2.05) is 0 Å². The first kappa shape index (κ1) is 39.3. The Labute approximate surface area is 394 Å². The van der Waals surface area contributed by atoms with E-state index in [9.17, 15) is 0 Å². The second kappa shape index (κ2) is 16.4. The van der Waals surface area contributed by atoms with Crippen LogP contribution in [-0.4, -0.2) is 19.1 Å². The third kappa shape index (κ3) is 6.86. The number of fused-ring (bicyclic) bond motifs is 6. The lowest BCUT2D eigenvalue weighted by Gasteiger charge is -2.13. The van der Waals surface area contributed by atoms with Crippen LogP contribution in [0.1, 0.15) is 0 Å². The number of hydrogen-bond acceptors (Lipinski definition) is 2. The van der Waals surface area contributed by atoms with Gasteiger partial charge < -0.3 is 9.13 Å². The van der Waals surface area contributed by atoms with E-state index in [0.717, 1.165) is 61.6 Å². The van der Waals surface area contributed by atoms with Gasteiger partial charge in [-0.05, 0) is 124 Å². The predicted octanol–water partition coefficient (Wildman–Crippen LogP) is 16.7. The standard InChI is InChI=1S/C64H42N4/c1-4-16-43(17-5-1)46-20-14-22-50(38-46)58-42-59(51-23-15-21-47(39-51)44-18-6-2-7-19-44)66-64(65-58)45-30-34-53(35-31-45)68-61-29-13-11-27-55(61)57-41-49(33-37-63(57)68)48-32-36-62-56(40-48)54-26-10-12-28-60(54)67(62)52-24-8-3-9-25-52/h1-42H. The maximum Gasteiger partial charge on any atom is 0.160 e. The average Bonchev–Trinajstić information content (AvgIpc) is 3.94. The summed E-state index contributed by atoms with van der Waals surface area (Å²) in [7, 11) is 0. The third-order valence-electron chi connectivity index (χ3n) is 13.3. The fraction of sp³-hybridized carbons (Fsp3) is 0. The molecule has 68 heavy (non-hydrogen) atoms. The van der Waals surface area contributed by atoms with Crippen molar-refractivity contribution in [2.75, 3.05) is 0 Å². The summed E-state index contributed by atoms with van der Waals surface area (Å²) < 4.78 is 4.75. The van der Waals surface area contributed by atoms with Crippen molar-refractivity contribution in [2.24, 2.45) is 0 Å². The van der Waals surface area contributed by atoms with Crippen LogP contribution in [-0.2, 0) is 0 Å². The molecule has 13 rings (SSSR count). The van der Waals surface area contributed by atoms with Crippen molar-refractivity contribution < 1.29 is 0 Å². The minimum absolute atomic E-state index is 0.676. The Hall–Kier alpha value is -9.12. The van der Waals surface area contributed by atoms with Crippen molar-refractivity contribution >= 4 is 43.6 Å². The van der Waals surface area contributed by atoms with Gasteiger partial charge in [-0.2, -0.15) is 0 Å². The highest BCUT2D eigenvalue weighted by Crippen LogP contribution is 2.39. The summed E-state index contributed by atoms with van der Waals surface area (Å²) in [5, 5.41) is 4.92. The Balaban J connectivity index is 0.901. The van der Waals surface area contributed by atoms with Crippen LogP contribution in [0.3, 0.4) is 0 Å². The molecule has 13 aromatic rings. The highest BCUT2D eigenvalue weighted by atomic mass is 15.0. The Morgan fingerprint density at radius 3 is 1.09 bits per heavy atom. The van der Waals surface area contributed by atoms with Crippen LogP contribution in [0.25, 0.3) is 122 Å². The number of benzene rings is 10. The van der Waals surface area contributed by atoms with Crippen molar-refractivity contribution in [2.45, 2.75) is 0 Å². The first-order chi connectivity index (χ1) is 33.7. The van der Waals surface area contributed by atoms with E-state index in [1.165, 1.54) is 54.8 Å². The maximum atomic E-state index is 5.28. The molecule has 0 spiro atoms. The molecule has 3 heterocycles. The fourth-order valence-corrected chi connectivity index (χ4v) is 10.0. The van der Waals surface area contributed by atoms with Crippen LogP contribution in [0.15, 0.2) is 255 Å². The van der Waals surface area contributed by atoms with Gasteiger partial charge in [-0.3, -0.25) is 0 Å². The molecule has 0 fully saturated rings. The molecule has 10 aromatic carbocycles. The lowest BCUT2D eigenvalue weighted by Crippen LogP contribution is -1.97. The molecule has 318 valence electrons. The van der Waals surface area contributed by atoms with Gasteiger partial charge in [0.15, 0.2) is 5.82 Å². The van der Waals surface area contributed by atoms with Gasteiger partial charge in [0.25, 0.3) is 0 Å². The van der Waals surface area contributed by atoms with E-state index in [1.54, 1.807) is 0 Å². The molecule has 0 amide bonds. The molecule has 3 aromatic heterocycles. The van der Waals surface area contributed by atoms with E-state index >= 15 is 0 Å². The first-order valence-corrected chi connectivity index (χ1v) is 23.1. The summed E-state index contributed by atoms with van der Waals surface area (Å²) in [6, 6.07) is 91.0. The molecule has 0 saturated carbocycles. The van der Waals surface area contributed by atoms with Gasteiger partial charge in [-0.25, -0.2) is 9.97 Å². The van der Waals surface area contributed by atoms with Crippen LogP contribution in [0.2, 0.25) is 0 Å². The number of rotatable bonds is 8. The van der Waals surface area contributed by atoms with E-state index in [4.69, 9.17) is 9.97 Å². The molecule has 0 saturated heterocycles. The lowest BCUT2D eigenvalue weighted by atomic mass is 9.99. The normalized spacial score (nSPS) is 11.5. The maximum absolute atomic E-state index is 5.28. The molecule has 0 N–H and O–H groups in total. The molecule has 0 radical (unpaired) electrons. The summed E-state index contributed by atoms with van der Waals surface area (Å²) in [5.41, 5.74) is 18.7. The largest absolute Gasteiger partial charge is 0.309 e. The summed E-state index contributed by atoms with van der Waals surface area (Å²) in [6.45, 7) is 0. The molecule has 0 unspecified atom stereocenters. The van der Waals surface area contributed by atoms with Crippen LogP contribution in [0, 0.1) is 0 Å². The van der Waals surface area contributed by atoms with Gasteiger partial charge in [0.1, 0.15) is 0 Å². The van der Waals surface area contributed by atoms with Crippen molar-refractivity contribution in [3.63, 3.8) is 0 Å². The quantitative estimate of drug-likeness (QED) is 0.153. The molecular formula is C64H42N4. The summed E-state index contributed by atoms with van der Waals surface area (Å²) in [5.74, 6) is 0.676. The van der Waals surface area contributed by atoms with E-state index in [0.29, 0.717) is 5.82 Å². The minimum atomic E-state index is 0.676. The van der Waals surface area contributed by atoms with Gasteiger partial charge in [0, 0.05) is 49.6 Å². The molecule has 0 atom stereocenters. The summed E-state index contributed by atoms with van der Waals surface area (Å²) in [6.07, 6.45) is 0. The second-order valence-electron chi connectivity index (χ2n) is 17.4. The molecule has 0 aliphatic rings. The zero-order chi connectivity index (χ0) is 45.0. The highest BCUT2D eigenvalue weighted by molar-refractivity contribution is 6.12. The number of nitrogens with zero attached hydrogens (tertiary/aromatic N) is 4. The molecule has 4 nitrogen and oxygen atoms in total. The number of aromatic nitrogens is 4.